The van der Waals surface area contributed by atoms with Gasteiger partial charge in [-0.1, -0.05) is 24.3 Å². The molecule has 18 heavy (non-hydrogen) atoms. The summed E-state index contributed by atoms with van der Waals surface area (Å²) in [6.07, 6.45) is 0. The maximum Gasteiger partial charge on any atom is 0.234 e. The number of amides is 1. The molecular formula is C13H20N2O3. The molecule has 1 amide bonds. The lowest BCUT2D eigenvalue weighted by Gasteiger charge is -2.09. The molecule has 0 aliphatic heterocycles. The fourth-order valence-corrected chi connectivity index (χ4v) is 1.52. The molecule has 0 radical (unpaired) electrons. The number of benzene rings is 1. The average molecular weight is 252 g/mol. The van der Waals surface area contributed by atoms with Crippen LogP contribution in [0.2, 0.25) is 0 Å². The summed E-state index contributed by atoms with van der Waals surface area (Å²) in [7, 11) is 1.62. The SMILES string of the molecule is COCCNCC(=O)NCc1ccccc1CO. The van der Waals surface area contributed by atoms with Gasteiger partial charge in [0.25, 0.3) is 0 Å². The Hall–Kier alpha value is -1.43. The van der Waals surface area contributed by atoms with Crippen LogP contribution in [-0.2, 0) is 22.7 Å². The number of aliphatic hydroxyl groups excluding tert-OH is 1. The minimum atomic E-state index is -0.0705. The smallest absolute Gasteiger partial charge is 0.234 e. The molecule has 5 heteroatoms. The van der Waals surface area contributed by atoms with Gasteiger partial charge in [-0.15, -0.1) is 0 Å². The molecule has 0 aromatic heterocycles. The number of ether oxygens (including phenoxy) is 1. The van der Waals surface area contributed by atoms with Crippen LogP contribution < -0.4 is 10.6 Å². The Morgan fingerprint density at radius 3 is 2.72 bits per heavy atom. The van der Waals surface area contributed by atoms with Gasteiger partial charge in [0.15, 0.2) is 0 Å². The molecule has 1 aromatic rings. The van der Waals surface area contributed by atoms with Crippen molar-refractivity contribution in [1.29, 1.82) is 0 Å². The summed E-state index contributed by atoms with van der Waals surface area (Å²) in [5.74, 6) is -0.0705. The van der Waals surface area contributed by atoms with Gasteiger partial charge in [0.1, 0.15) is 0 Å². The molecular weight excluding hydrogens is 232 g/mol. The number of nitrogens with one attached hydrogen (secondary N) is 2. The first kappa shape index (κ1) is 14.6. The van der Waals surface area contributed by atoms with E-state index < -0.39 is 0 Å². The summed E-state index contributed by atoms with van der Waals surface area (Å²) >= 11 is 0. The minimum absolute atomic E-state index is 0.0157. The molecule has 5 nitrogen and oxygen atoms in total. The highest BCUT2D eigenvalue weighted by Gasteiger charge is 2.03. The number of carbonyl (C=O) groups excluding carboxylic acids is 1. The summed E-state index contributed by atoms with van der Waals surface area (Å²) < 4.78 is 4.86. The van der Waals surface area contributed by atoms with E-state index in [4.69, 9.17) is 9.84 Å². The Kier molecular flexibility index (Phi) is 7.01. The molecule has 100 valence electrons. The van der Waals surface area contributed by atoms with Crippen LogP contribution >= 0.6 is 0 Å². The van der Waals surface area contributed by atoms with E-state index in [1.165, 1.54) is 0 Å². The van der Waals surface area contributed by atoms with Crippen LogP contribution in [0.4, 0.5) is 0 Å². The summed E-state index contributed by atoms with van der Waals surface area (Å²) in [5, 5.41) is 14.9. The summed E-state index contributed by atoms with van der Waals surface area (Å²) in [6.45, 7) is 1.92. The van der Waals surface area contributed by atoms with E-state index >= 15 is 0 Å². The quantitative estimate of drug-likeness (QED) is 0.571. The van der Waals surface area contributed by atoms with Crippen molar-refractivity contribution in [1.82, 2.24) is 10.6 Å². The minimum Gasteiger partial charge on any atom is -0.392 e. The zero-order valence-electron chi connectivity index (χ0n) is 10.6. The molecule has 0 aliphatic rings. The zero-order valence-corrected chi connectivity index (χ0v) is 10.6. The topological polar surface area (TPSA) is 70.6 Å². The Morgan fingerprint density at radius 1 is 1.33 bits per heavy atom. The molecule has 0 saturated heterocycles. The van der Waals surface area contributed by atoms with Crippen molar-refractivity contribution < 1.29 is 14.6 Å². The van der Waals surface area contributed by atoms with E-state index in [9.17, 15) is 4.79 Å². The van der Waals surface area contributed by atoms with Gasteiger partial charge >= 0.3 is 0 Å². The second-order valence-electron chi connectivity index (χ2n) is 3.87. The van der Waals surface area contributed by atoms with Gasteiger partial charge < -0.3 is 20.5 Å². The maximum absolute atomic E-state index is 11.5. The highest BCUT2D eigenvalue weighted by atomic mass is 16.5. The van der Waals surface area contributed by atoms with Gasteiger partial charge in [0.2, 0.25) is 5.91 Å². The van der Waals surface area contributed by atoms with Crippen molar-refractivity contribution in [3.63, 3.8) is 0 Å². The summed E-state index contributed by atoms with van der Waals surface area (Å²) in [4.78, 5) is 11.5. The van der Waals surface area contributed by atoms with E-state index in [0.717, 1.165) is 11.1 Å². The van der Waals surface area contributed by atoms with E-state index in [1.54, 1.807) is 7.11 Å². The Labute approximate surface area is 107 Å². The number of rotatable bonds is 8. The van der Waals surface area contributed by atoms with Crippen molar-refractivity contribution in [2.45, 2.75) is 13.2 Å². The van der Waals surface area contributed by atoms with Crippen molar-refractivity contribution in [2.24, 2.45) is 0 Å². The van der Waals surface area contributed by atoms with Crippen LogP contribution in [0.25, 0.3) is 0 Å². The Balaban J connectivity index is 2.29. The molecule has 0 fully saturated rings. The number of methoxy groups -OCH3 is 1. The third-order valence-electron chi connectivity index (χ3n) is 2.53. The van der Waals surface area contributed by atoms with Gasteiger partial charge in [-0.2, -0.15) is 0 Å². The fourth-order valence-electron chi connectivity index (χ4n) is 1.52. The first-order chi connectivity index (χ1) is 8.77. The predicted octanol–water partition coefficient (Wildman–Crippen LogP) is 0.0311. The van der Waals surface area contributed by atoms with Crippen LogP contribution in [0, 0.1) is 0 Å². The Morgan fingerprint density at radius 2 is 2.06 bits per heavy atom. The van der Waals surface area contributed by atoms with Crippen LogP contribution in [0.3, 0.4) is 0 Å². The molecule has 3 N–H and O–H groups in total. The highest BCUT2D eigenvalue weighted by Crippen LogP contribution is 2.07. The number of hydrogen-bond donors (Lipinski definition) is 3. The Bertz CT molecular complexity index is 369. The molecule has 0 bridgehead atoms. The lowest BCUT2D eigenvalue weighted by molar-refractivity contribution is -0.120. The maximum atomic E-state index is 11.5. The van der Waals surface area contributed by atoms with E-state index in [0.29, 0.717) is 19.7 Å². The van der Waals surface area contributed by atoms with Crippen LogP contribution in [0.5, 0.6) is 0 Å². The van der Waals surface area contributed by atoms with Crippen molar-refractivity contribution in [3.8, 4) is 0 Å². The third kappa shape index (κ3) is 5.27. The lowest BCUT2D eigenvalue weighted by atomic mass is 10.1. The van der Waals surface area contributed by atoms with E-state index in [-0.39, 0.29) is 19.1 Å². The highest BCUT2D eigenvalue weighted by molar-refractivity contribution is 5.77. The zero-order chi connectivity index (χ0) is 13.2. The number of carbonyl (C=O) groups is 1. The fraction of sp³-hybridized carbons (Fsp3) is 0.462. The van der Waals surface area contributed by atoms with Gasteiger partial charge in [0.05, 0.1) is 19.8 Å². The summed E-state index contributed by atoms with van der Waals surface area (Å²) in [6, 6.07) is 7.49. The molecule has 0 spiro atoms. The average Bonchev–Trinajstić information content (AvgIpc) is 2.41. The van der Waals surface area contributed by atoms with Gasteiger partial charge in [0, 0.05) is 20.2 Å². The van der Waals surface area contributed by atoms with Crippen LogP contribution in [0.1, 0.15) is 11.1 Å². The van der Waals surface area contributed by atoms with Gasteiger partial charge in [-0.25, -0.2) is 0 Å². The first-order valence-electron chi connectivity index (χ1n) is 5.92. The number of hydrogen-bond acceptors (Lipinski definition) is 4. The van der Waals surface area contributed by atoms with Crippen molar-refractivity contribution >= 4 is 5.91 Å². The van der Waals surface area contributed by atoms with Crippen molar-refractivity contribution in [2.75, 3.05) is 26.8 Å². The third-order valence-corrected chi connectivity index (χ3v) is 2.53. The molecule has 0 heterocycles. The normalized spacial score (nSPS) is 10.3. The first-order valence-corrected chi connectivity index (χ1v) is 5.92. The molecule has 0 aliphatic carbocycles. The van der Waals surface area contributed by atoms with Gasteiger partial charge in [-0.3, -0.25) is 4.79 Å². The molecule has 0 saturated carbocycles. The standard InChI is InChI=1S/C13H20N2O3/c1-18-7-6-14-9-13(17)15-8-11-4-2-3-5-12(11)10-16/h2-5,14,16H,6-10H2,1H3,(H,15,17). The molecule has 0 atom stereocenters. The van der Waals surface area contributed by atoms with Crippen LogP contribution in [0.15, 0.2) is 24.3 Å². The second-order valence-corrected chi connectivity index (χ2v) is 3.87. The largest absolute Gasteiger partial charge is 0.392 e. The second kappa shape index (κ2) is 8.63. The van der Waals surface area contributed by atoms with E-state index in [2.05, 4.69) is 10.6 Å². The molecule has 0 unspecified atom stereocenters. The van der Waals surface area contributed by atoms with E-state index in [1.807, 2.05) is 24.3 Å². The van der Waals surface area contributed by atoms with Crippen molar-refractivity contribution in [3.05, 3.63) is 35.4 Å². The lowest BCUT2D eigenvalue weighted by Crippen LogP contribution is -2.35. The van der Waals surface area contributed by atoms with Crippen LogP contribution in [-0.4, -0.2) is 37.8 Å². The predicted molar refractivity (Wildman–Crippen MR) is 69.0 cm³/mol. The number of aliphatic hydroxyl groups is 1. The van der Waals surface area contributed by atoms with Gasteiger partial charge in [-0.05, 0) is 11.1 Å². The monoisotopic (exact) mass is 252 g/mol. The molecule has 1 rings (SSSR count). The molecule has 1 aromatic carbocycles. The summed E-state index contributed by atoms with van der Waals surface area (Å²) in [5.41, 5.74) is 1.77.